The molecule has 6 nitrogen and oxygen atoms in total. The molecular formula is C21H22N4O2. The van der Waals surface area contributed by atoms with Crippen LogP contribution in [0.4, 0.5) is 11.5 Å². The van der Waals surface area contributed by atoms with Gasteiger partial charge >= 0.3 is 0 Å². The number of benzene rings is 1. The topological polar surface area (TPSA) is 76.1 Å². The monoisotopic (exact) mass is 362 g/mol. The van der Waals surface area contributed by atoms with Gasteiger partial charge in [0.25, 0.3) is 5.91 Å². The summed E-state index contributed by atoms with van der Waals surface area (Å²) >= 11 is 0. The molecule has 1 aromatic carbocycles. The Bertz CT molecular complexity index is 863. The van der Waals surface area contributed by atoms with Crippen molar-refractivity contribution in [3.05, 3.63) is 78.2 Å². The maximum absolute atomic E-state index is 12.2. The Labute approximate surface area is 158 Å². The van der Waals surface area contributed by atoms with Crippen molar-refractivity contribution in [2.75, 3.05) is 5.32 Å². The second-order valence-corrected chi connectivity index (χ2v) is 6.29. The Balaban J connectivity index is 1.55. The first-order chi connectivity index (χ1) is 13.1. The minimum atomic E-state index is -0.173. The van der Waals surface area contributed by atoms with Crippen LogP contribution in [0.15, 0.2) is 67.1 Å². The summed E-state index contributed by atoms with van der Waals surface area (Å²) in [6.07, 6.45) is 5.12. The normalized spacial score (nSPS) is 10.5. The van der Waals surface area contributed by atoms with Crippen molar-refractivity contribution in [2.24, 2.45) is 0 Å². The molecule has 2 N–H and O–H groups in total. The van der Waals surface area contributed by atoms with Crippen LogP contribution in [-0.2, 0) is 6.54 Å². The number of pyridine rings is 2. The van der Waals surface area contributed by atoms with Gasteiger partial charge in [0.2, 0.25) is 0 Å². The summed E-state index contributed by atoms with van der Waals surface area (Å²) in [5.74, 6) is 1.31. The largest absolute Gasteiger partial charge is 0.491 e. The summed E-state index contributed by atoms with van der Waals surface area (Å²) in [5.41, 5.74) is 2.35. The average Bonchev–Trinajstić information content (AvgIpc) is 2.69. The molecule has 3 rings (SSSR count). The fourth-order valence-corrected chi connectivity index (χ4v) is 2.43. The van der Waals surface area contributed by atoms with Crippen molar-refractivity contribution >= 4 is 17.4 Å². The second-order valence-electron chi connectivity index (χ2n) is 6.29. The Morgan fingerprint density at radius 1 is 1.07 bits per heavy atom. The lowest BCUT2D eigenvalue weighted by molar-refractivity contribution is 0.0950. The van der Waals surface area contributed by atoms with Crippen LogP contribution in [0.2, 0.25) is 0 Å². The lowest BCUT2D eigenvalue weighted by Gasteiger charge is -2.11. The first-order valence-electron chi connectivity index (χ1n) is 8.77. The predicted octanol–water partition coefficient (Wildman–Crippen LogP) is 3.94. The van der Waals surface area contributed by atoms with Gasteiger partial charge in [-0.2, -0.15) is 0 Å². The first-order valence-corrected chi connectivity index (χ1v) is 8.77. The van der Waals surface area contributed by atoms with Crippen molar-refractivity contribution in [1.29, 1.82) is 0 Å². The van der Waals surface area contributed by atoms with E-state index in [0.29, 0.717) is 17.9 Å². The molecule has 0 saturated carbocycles. The SMILES string of the molecule is CC(C)Oc1ccc(Nc2ccc(C(=O)NCc3cccnc3)cn2)cc1. The van der Waals surface area contributed by atoms with Gasteiger partial charge in [-0.3, -0.25) is 9.78 Å². The minimum absolute atomic E-state index is 0.141. The van der Waals surface area contributed by atoms with Crippen LogP contribution in [0.5, 0.6) is 5.75 Å². The third-order valence-corrected chi connectivity index (χ3v) is 3.70. The molecule has 3 aromatic rings. The predicted molar refractivity (Wildman–Crippen MR) is 105 cm³/mol. The van der Waals surface area contributed by atoms with Gasteiger partial charge < -0.3 is 15.4 Å². The smallest absolute Gasteiger partial charge is 0.253 e. The van der Waals surface area contributed by atoms with E-state index in [1.165, 1.54) is 0 Å². The molecule has 0 saturated heterocycles. The molecule has 2 aromatic heterocycles. The van der Waals surface area contributed by atoms with Gasteiger partial charge in [-0.05, 0) is 61.9 Å². The molecule has 0 atom stereocenters. The number of carbonyl (C=O) groups is 1. The molecular weight excluding hydrogens is 340 g/mol. The van der Waals surface area contributed by atoms with Crippen LogP contribution >= 0.6 is 0 Å². The highest BCUT2D eigenvalue weighted by molar-refractivity contribution is 5.94. The lowest BCUT2D eigenvalue weighted by atomic mass is 10.2. The zero-order valence-corrected chi connectivity index (χ0v) is 15.3. The Hall–Kier alpha value is -3.41. The highest BCUT2D eigenvalue weighted by Gasteiger charge is 2.06. The van der Waals surface area contributed by atoms with Crippen LogP contribution < -0.4 is 15.4 Å². The number of rotatable bonds is 7. The summed E-state index contributed by atoms with van der Waals surface area (Å²) in [7, 11) is 0. The molecule has 0 aliphatic rings. The second kappa shape index (κ2) is 8.80. The average molecular weight is 362 g/mol. The van der Waals surface area contributed by atoms with Gasteiger partial charge in [-0.15, -0.1) is 0 Å². The van der Waals surface area contributed by atoms with Crippen molar-refractivity contribution in [2.45, 2.75) is 26.5 Å². The maximum Gasteiger partial charge on any atom is 0.253 e. The molecule has 27 heavy (non-hydrogen) atoms. The molecule has 0 fully saturated rings. The molecule has 6 heteroatoms. The van der Waals surface area contributed by atoms with Crippen molar-refractivity contribution in [3.63, 3.8) is 0 Å². The van der Waals surface area contributed by atoms with Crippen LogP contribution in [0.25, 0.3) is 0 Å². The third kappa shape index (κ3) is 5.54. The van der Waals surface area contributed by atoms with Crippen LogP contribution in [0.1, 0.15) is 29.8 Å². The maximum atomic E-state index is 12.2. The van der Waals surface area contributed by atoms with Crippen molar-refractivity contribution in [1.82, 2.24) is 15.3 Å². The van der Waals surface area contributed by atoms with E-state index < -0.39 is 0 Å². The molecule has 0 bridgehead atoms. The van der Waals surface area contributed by atoms with E-state index in [1.54, 1.807) is 30.7 Å². The third-order valence-electron chi connectivity index (χ3n) is 3.70. The molecule has 0 spiro atoms. The number of anilines is 2. The summed E-state index contributed by atoms with van der Waals surface area (Å²) in [5, 5.41) is 6.05. The zero-order chi connectivity index (χ0) is 19.1. The number of amides is 1. The zero-order valence-electron chi connectivity index (χ0n) is 15.3. The van der Waals surface area contributed by atoms with Crippen LogP contribution in [0.3, 0.4) is 0 Å². The molecule has 0 radical (unpaired) electrons. The molecule has 1 amide bonds. The van der Waals surface area contributed by atoms with Crippen molar-refractivity contribution < 1.29 is 9.53 Å². The molecule has 0 unspecified atom stereocenters. The lowest BCUT2D eigenvalue weighted by Crippen LogP contribution is -2.22. The van der Waals surface area contributed by atoms with E-state index in [2.05, 4.69) is 20.6 Å². The fraction of sp³-hybridized carbons (Fsp3) is 0.190. The number of nitrogens with one attached hydrogen (secondary N) is 2. The molecule has 138 valence electrons. The Morgan fingerprint density at radius 2 is 1.89 bits per heavy atom. The standard InChI is InChI=1S/C21H22N4O2/c1-15(2)27-19-8-6-18(7-9-19)25-20-10-5-17(14-23-20)21(26)24-13-16-4-3-11-22-12-16/h3-12,14-15H,13H2,1-2H3,(H,23,25)(H,24,26). The van der Waals surface area contributed by atoms with E-state index >= 15 is 0 Å². The van der Waals surface area contributed by atoms with E-state index in [1.807, 2.05) is 50.2 Å². The van der Waals surface area contributed by atoms with Gasteiger partial charge in [0.05, 0.1) is 11.7 Å². The van der Waals surface area contributed by atoms with Crippen molar-refractivity contribution in [3.8, 4) is 5.75 Å². The number of hydrogen-bond donors (Lipinski definition) is 2. The number of hydrogen-bond acceptors (Lipinski definition) is 5. The Morgan fingerprint density at radius 3 is 2.52 bits per heavy atom. The highest BCUT2D eigenvalue weighted by atomic mass is 16.5. The number of carbonyl (C=O) groups excluding carboxylic acids is 1. The van der Waals surface area contributed by atoms with Gasteiger partial charge in [0.15, 0.2) is 0 Å². The summed E-state index contributed by atoms with van der Waals surface area (Å²) < 4.78 is 5.62. The van der Waals surface area contributed by atoms with E-state index in [-0.39, 0.29) is 12.0 Å². The first kappa shape index (κ1) is 18.4. The van der Waals surface area contributed by atoms with Crippen LogP contribution in [-0.4, -0.2) is 22.0 Å². The molecule has 2 heterocycles. The highest BCUT2D eigenvalue weighted by Crippen LogP contribution is 2.20. The summed E-state index contributed by atoms with van der Waals surface area (Å²) in [6.45, 7) is 4.41. The van der Waals surface area contributed by atoms with E-state index in [9.17, 15) is 4.79 Å². The quantitative estimate of drug-likeness (QED) is 0.666. The summed E-state index contributed by atoms with van der Waals surface area (Å²) in [4.78, 5) is 20.5. The number of aromatic nitrogens is 2. The minimum Gasteiger partial charge on any atom is -0.491 e. The summed E-state index contributed by atoms with van der Waals surface area (Å²) in [6, 6.07) is 14.9. The van der Waals surface area contributed by atoms with Gasteiger partial charge in [-0.25, -0.2) is 4.98 Å². The number of ether oxygens (including phenoxy) is 1. The van der Waals surface area contributed by atoms with Gasteiger partial charge in [0.1, 0.15) is 11.6 Å². The van der Waals surface area contributed by atoms with Gasteiger partial charge in [-0.1, -0.05) is 6.07 Å². The molecule has 0 aliphatic heterocycles. The van der Waals surface area contributed by atoms with Gasteiger partial charge in [0, 0.05) is 30.8 Å². The number of nitrogens with zero attached hydrogens (tertiary/aromatic N) is 2. The molecule has 0 aliphatic carbocycles. The van der Waals surface area contributed by atoms with Crippen LogP contribution in [0, 0.1) is 0 Å². The Kier molecular flexibility index (Phi) is 5.99. The fourth-order valence-electron chi connectivity index (χ4n) is 2.43. The van der Waals surface area contributed by atoms with E-state index in [4.69, 9.17) is 4.74 Å². The van der Waals surface area contributed by atoms with E-state index in [0.717, 1.165) is 17.0 Å².